The second-order valence-corrected chi connectivity index (χ2v) is 37.8. The molecule has 0 aliphatic rings. The normalized spacial score (nSPS) is 14.4. The number of rotatable bonds is 74. The number of amides is 14. The lowest BCUT2D eigenvalue weighted by atomic mass is 10.0. The first-order chi connectivity index (χ1) is 67.6. The minimum absolute atomic E-state index is 0.0278. The van der Waals surface area contributed by atoms with E-state index in [1.807, 2.05) is 152 Å². The summed E-state index contributed by atoms with van der Waals surface area (Å²) in [6, 6.07) is 36.5. The molecule has 36 heteroatoms. The zero-order chi connectivity index (χ0) is 103. The Morgan fingerprint density at radius 1 is 0.206 bits per heavy atom. The molecule has 141 heavy (non-hydrogen) atoms. The summed E-state index contributed by atoms with van der Waals surface area (Å²) in [7, 11) is 0. The van der Waals surface area contributed by atoms with Crippen LogP contribution < -0.4 is 109 Å². The van der Waals surface area contributed by atoms with Crippen LogP contribution in [-0.4, -0.2) is 217 Å². The first-order valence-corrected chi connectivity index (χ1v) is 50.4. The number of aliphatic carboxylic acids is 1. The number of carbonyl (C=O) groups is 15. The van der Waals surface area contributed by atoms with Gasteiger partial charge in [-0.1, -0.05) is 184 Å². The van der Waals surface area contributed by atoms with E-state index < -0.39 is 161 Å². The fourth-order valence-electron chi connectivity index (χ4n) is 17.2. The van der Waals surface area contributed by atoms with E-state index in [2.05, 4.69) is 74.4 Å². The summed E-state index contributed by atoms with van der Waals surface area (Å²) >= 11 is 0. The van der Waals surface area contributed by atoms with E-state index in [9.17, 15) is 77.0 Å². The van der Waals surface area contributed by atoms with Gasteiger partial charge in [-0.15, -0.1) is 0 Å². The minimum Gasteiger partial charge on any atom is -0.481 e. The van der Waals surface area contributed by atoms with Crippen LogP contribution in [-0.2, 0) is 104 Å². The molecule has 5 aromatic rings. The van der Waals surface area contributed by atoms with Crippen LogP contribution in [0.2, 0.25) is 0 Å². The van der Waals surface area contributed by atoms with E-state index >= 15 is 0 Å². The maximum Gasteiger partial charge on any atom is 0.305 e. The van der Waals surface area contributed by atoms with E-state index in [1.165, 1.54) is 0 Å². The van der Waals surface area contributed by atoms with Crippen molar-refractivity contribution in [3.8, 4) is 0 Å². The van der Waals surface area contributed by atoms with Gasteiger partial charge < -0.3 is 114 Å². The van der Waals surface area contributed by atoms with Gasteiger partial charge in [-0.25, -0.2) is 0 Å². The van der Waals surface area contributed by atoms with Gasteiger partial charge >= 0.3 is 5.97 Å². The summed E-state index contributed by atoms with van der Waals surface area (Å²) in [6.45, 7) is 10.4. The molecule has 5 aromatic carbocycles. The summed E-state index contributed by atoms with van der Waals surface area (Å²) in [4.78, 5) is 206. The van der Waals surface area contributed by atoms with Crippen molar-refractivity contribution in [2.75, 3.05) is 32.7 Å². The first kappa shape index (κ1) is 119. The lowest BCUT2D eigenvalue weighted by Crippen LogP contribution is -2.47. The quantitative estimate of drug-likeness (QED) is 0.0228. The van der Waals surface area contributed by atoms with Crippen molar-refractivity contribution in [2.45, 2.75) is 350 Å². The second kappa shape index (κ2) is 69.7. The molecular formula is C105H162N20O16. The number of carboxylic acid groups (broad SMARTS) is 1. The van der Waals surface area contributed by atoms with Gasteiger partial charge in [0.1, 0.15) is 0 Å². The number of nitrogens with one attached hydrogen (secondary N) is 14. The molecule has 0 aliphatic heterocycles. The molecule has 778 valence electrons. The van der Waals surface area contributed by atoms with E-state index in [-0.39, 0.29) is 133 Å². The van der Waals surface area contributed by atoms with Crippen LogP contribution in [0.25, 0.3) is 0 Å². The Bertz CT molecular complexity index is 4520. The van der Waals surface area contributed by atoms with Crippen LogP contribution in [0, 0.1) is 0 Å². The van der Waals surface area contributed by atoms with Gasteiger partial charge in [0.2, 0.25) is 82.7 Å². The highest BCUT2D eigenvalue weighted by Gasteiger charge is 2.31. The molecule has 36 nitrogen and oxygen atoms in total. The maximum atomic E-state index is 14.3. The Morgan fingerprint density at radius 3 is 0.525 bits per heavy atom. The molecule has 0 aromatic heterocycles. The molecule has 27 N–H and O–H groups in total. The Balaban J connectivity index is 1.16. The van der Waals surface area contributed by atoms with Gasteiger partial charge in [-0.05, 0) is 191 Å². The zero-order valence-electron chi connectivity index (χ0n) is 83.4. The standard InChI is InChI=1S/C105H162N20O16/c1-71(111)51-91(126)116-81(41-21-26-46-106)61-100(135)121-86(56-76-31-11-6-12-32-76)66-96(131)112-72(2)52-92(127)117-82(42-22-27-47-107)62-101(136)122-87(57-77-33-13-7-14-34-77)67-97(132)113-73(3)53-93(128)118-83(43-23-28-48-108)63-102(137)123-88(58-78-35-15-8-16-36-78)68-98(133)114-74(4)54-94(129)119-84(44-24-29-49-109)64-103(138)124-89(59-79-37-17-9-18-38-79)69-99(134)115-75(5)55-95(130)120-85(45-25-30-50-110)65-104(139)125-90(70-105(140)141)60-80-39-19-10-20-40-80/h6-20,31-40,71-75,81-90H,21-30,41-70,106-111H2,1-5H3,(H,112,131)(H,113,132)(H,114,133)(H,115,134)(H,116,126)(H,117,127)(H,118,128)(H,119,129)(H,120,130)(H,121,135)(H,122,136)(H,123,137)(H,124,138)(H,125,139)(H,140,141)/t71-,72-,73-,74-,75-,81-,82-,83-,84-,85-,86-,87-,88-,89-,90-/m0/s1. The molecule has 14 amide bonds. The molecule has 0 radical (unpaired) electrons. The first-order valence-electron chi connectivity index (χ1n) is 50.4. The number of carboxylic acids is 1. The van der Waals surface area contributed by atoms with E-state index in [1.54, 1.807) is 34.6 Å². The maximum absolute atomic E-state index is 14.3. The predicted molar refractivity (Wildman–Crippen MR) is 546 cm³/mol. The molecule has 0 saturated carbocycles. The highest BCUT2D eigenvalue weighted by molar-refractivity contribution is 5.87. The number of nitrogens with two attached hydrogens (primary N) is 6. The summed E-state index contributed by atoms with van der Waals surface area (Å²) in [5.41, 5.74) is 39.3. The van der Waals surface area contributed by atoms with Crippen LogP contribution in [0.3, 0.4) is 0 Å². The number of hydrogen-bond acceptors (Lipinski definition) is 21. The molecule has 0 bridgehead atoms. The van der Waals surface area contributed by atoms with Crippen molar-refractivity contribution in [1.29, 1.82) is 0 Å². The Morgan fingerprint density at radius 2 is 0.355 bits per heavy atom. The highest BCUT2D eigenvalue weighted by atomic mass is 16.4. The fourth-order valence-corrected chi connectivity index (χ4v) is 17.2. The Kier molecular flexibility index (Phi) is 59.0. The number of benzene rings is 5. The SMILES string of the molecule is C[C@H](N)CC(=O)N[C@@H](CCCCN)CC(=O)N[C@H](CC(=O)N[C@@H](C)CC(=O)N[C@@H](CCCCN)CC(=O)N[C@H](CC(=O)N[C@@H](C)CC(=O)N[C@@H](CCCCN)CC(=O)N[C@H](CC(=O)N[C@@H](C)CC(=O)N[C@@H](CCCCN)CC(=O)N[C@H](CC(=O)N[C@@H](C)CC(=O)N[C@@H](CCCCN)CC(=O)N[C@H](CC(=O)O)Cc1ccccc1)Cc1ccccc1)Cc1ccccc1)Cc1ccccc1)Cc1ccccc1. The van der Waals surface area contributed by atoms with E-state index in [4.69, 9.17) is 34.4 Å². The fraction of sp³-hybridized carbons (Fsp3) is 0.571. The Hall–Kier alpha value is -12.1. The topological polar surface area (TPSA) is 601 Å². The van der Waals surface area contributed by atoms with Crippen LogP contribution in [0.4, 0.5) is 0 Å². The lowest BCUT2D eigenvalue weighted by molar-refractivity contribution is -0.138. The average molecular weight is 1960 g/mol. The smallest absolute Gasteiger partial charge is 0.305 e. The second-order valence-electron chi connectivity index (χ2n) is 37.8. The van der Waals surface area contributed by atoms with Crippen LogP contribution in [0.5, 0.6) is 0 Å². The van der Waals surface area contributed by atoms with Gasteiger partial charge in [0.05, 0.1) is 6.42 Å². The van der Waals surface area contributed by atoms with Crippen LogP contribution in [0.15, 0.2) is 152 Å². The van der Waals surface area contributed by atoms with E-state index in [0.717, 1.165) is 27.8 Å². The largest absolute Gasteiger partial charge is 0.481 e. The molecule has 5 rings (SSSR count). The Labute approximate surface area is 832 Å². The van der Waals surface area contributed by atoms with Crippen molar-refractivity contribution in [2.24, 2.45) is 34.4 Å². The molecule has 15 atom stereocenters. The van der Waals surface area contributed by atoms with Crippen molar-refractivity contribution < 1.29 is 77.0 Å². The minimum atomic E-state index is -1.07. The molecular weight excluding hydrogens is 1800 g/mol. The molecule has 0 aliphatic carbocycles. The van der Waals surface area contributed by atoms with Gasteiger partial charge in [-0.3, -0.25) is 71.9 Å². The van der Waals surface area contributed by atoms with Gasteiger partial charge in [-0.2, -0.15) is 0 Å². The summed E-state index contributed by atoms with van der Waals surface area (Å²) in [6.07, 6.45) is 7.52. The zero-order valence-corrected chi connectivity index (χ0v) is 83.4. The van der Waals surface area contributed by atoms with Crippen molar-refractivity contribution in [3.05, 3.63) is 179 Å². The average Bonchev–Trinajstić information content (AvgIpc) is 0.890. The van der Waals surface area contributed by atoms with Crippen molar-refractivity contribution in [1.82, 2.24) is 74.4 Å². The number of unbranched alkanes of at least 4 members (excludes halogenated alkanes) is 5. The molecule has 0 saturated heterocycles. The third-order valence-corrected chi connectivity index (χ3v) is 23.7. The van der Waals surface area contributed by atoms with E-state index in [0.29, 0.717) is 142 Å². The van der Waals surface area contributed by atoms with Gasteiger partial charge in [0, 0.05) is 181 Å². The predicted octanol–water partition coefficient (Wildman–Crippen LogP) is 5.00. The van der Waals surface area contributed by atoms with Crippen LogP contribution >= 0.6 is 0 Å². The lowest BCUT2D eigenvalue weighted by Gasteiger charge is -2.25. The van der Waals surface area contributed by atoms with Crippen molar-refractivity contribution >= 4 is 88.7 Å². The third-order valence-electron chi connectivity index (χ3n) is 23.7. The molecule has 0 fully saturated rings. The summed E-state index contributed by atoms with van der Waals surface area (Å²) in [5, 5.41) is 51.0. The molecule has 0 unspecified atom stereocenters. The summed E-state index contributed by atoms with van der Waals surface area (Å²) in [5.74, 6) is -6.99. The summed E-state index contributed by atoms with van der Waals surface area (Å²) < 4.78 is 0. The van der Waals surface area contributed by atoms with Gasteiger partial charge in [0.25, 0.3) is 0 Å². The van der Waals surface area contributed by atoms with Crippen molar-refractivity contribution in [3.63, 3.8) is 0 Å². The number of hydrogen-bond donors (Lipinski definition) is 21. The van der Waals surface area contributed by atoms with Gasteiger partial charge in [0.15, 0.2) is 0 Å². The monoisotopic (exact) mass is 1960 g/mol. The molecule has 0 heterocycles. The highest BCUT2D eigenvalue weighted by Crippen LogP contribution is 2.19. The van der Waals surface area contributed by atoms with Crippen LogP contribution in [0.1, 0.15) is 255 Å². The number of carbonyl (C=O) groups excluding carboxylic acids is 14. The third kappa shape index (κ3) is 56.8. The molecule has 0 spiro atoms.